The van der Waals surface area contributed by atoms with E-state index in [1.165, 1.54) is 0 Å². The van der Waals surface area contributed by atoms with Gasteiger partial charge in [-0.1, -0.05) is 19.8 Å². The second-order valence-electron chi connectivity index (χ2n) is 5.49. The third-order valence-corrected chi connectivity index (χ3v) is 3.84. The number of hydrogen-bond donors (Lipinski definition) is 3. The standard InChI is InChI=1S/C14H24N2O5/c1-2-3-10-6-8-16(9-7-10)14(21)15-11(13(19)20)4-5-12(17)18/h10-11H,2-9H2,1H3,(H,15,21)(H,17,18)(H,19,20)/t11-/m0/s1. The van der Waals surface area contributed by atoms with Gasteiger partial charge in [0.15, 0.2) is 0 Å². The summed E-state index contributed by atoms with van der Waals surface area (Å²) in [7, 11) is 0. The average molecular weight is 300 g/mol. The molecule has 7 heteroatoms. The number of carbonyl (C=O) groups is 3. The Morgan fingerprint density at radius 2 is 1.86 bits per heavy atom. The molecule has 7 nitrogen and oxygen atoms in total. The van der Waals surface area contributed by atoms with Crippen molar-refractivity contribution in [2.75, 3.05) is 13.1 Å². The van der Waals surface area contributed by atoms with Gasteiger partial charge in [0.2, 0.25) is 0 Å². The maximum atomic E-state index is 12.0. The largest absolute Gasteiger partial charge is 0.481 e. The van der Waals surface area contributed by atoms with Crippen LogP contribution in [0.25, 0.3) is 0 Å². The first-order valence-electron chi connectivity index (χ1n) is 7.44. The fraction of sp³-hybridized carbons (Fsp3) is 0.786. The Morgan fingerprint density at radius 1 is 1.24 bits per heavy atom. The number of piperidine rings is 1. The van der Waals surface area contributed by atoms with Crippen LogP contribution in [0.3, 0.4) is 0 Å². The molecule has 0 bridgehead atoms. The Labute approximate surface area is 124 Å². The van der Waals surface area contributed by atoms with Gasteiger partial charge in [-0.25, -0.2) is 9.59 Å². The van der Waals surface area contributed by atoms with Crippen molar-refractivity contribution in [3.05, 3.63) is 0 Å². The van der Waals surface area contributed by atoms with Gasteiger partial charge in [-0.15, -0.1) is 0 Å². The molecule has 0 aromatic carbocycles. The van der Waals surface area contributed by atoms with Crippen LogP contribution in [-0.2, 0) is 9.59 Å². The lowest BCUT2D eigenvalue weighted by Gasteiger charge is -2.32. The van der Waals surface area contributed by atoms with Crippen molar-refractivity contribution < 1.29 is 24.6 Å². The van der Waals surface area contributed by atoms with Crippen LogP contribution in [0.1, 0.15) is 45.4 Å². The van der Waals surface area contributed by atoms with Crippen molar-refractivity contribution in [3.63, 3.8) is 0 Å². The van der Waals surface area contributed by atoms with Gasteiger partial charge >= 0.3 is 18.0 Å². The summed E-state index contributed by atoms with van der Waals surface area (Å²) in [5.41, 5.74) is 0. The highest BCUT2D eigenvalue weighted by molar-refractivity contribution is 5.83. The van der Waals surface area contributed by atoms with Gasteiger partial charge in [0, 0.05) is 19.5 Å². The number of hydrogen-bond acceptors (Lipinski definition) is 3. The number of amides is 2. The highest BCUT2D eigenvalue weighted by atomic mass is 16.4. The molecule has 1 saturated heterocycles. The van der Waals surface area contributed by atoms with E-state index >= 15 is 0 Å². The number of carbonyl (C=O) groups excluding carboxylic acids is 1. The summed E-state index contributed by atoms with van der Waals surface area (Å²) in [5.74, 6) is -1.64. The van der Waals surface area contributed by atoms with Crippen LogP contribution in [0.5, 0.6) is 0 Å². The molecular weight excluding hydrogens is 276 g/mol. The molecule has 1 heterocycles. The molecule has 1 aliphatic heterocycles. The van der Waals surface area contributed by atoms with Crippen molar-refractivity contribution in [2.24, 2.45) is 5.92 Å². The van der Waals surface area contributed by atoms with Gasteiger partial charge in [-0.3, -0.25) is 4.79 Å². The minimum Gasteiger partial charge on any atom is -0.481 e. The molecule has 0 radical (unpaired) electrons. The molecule has 0 aromatic heterocycles. The first-order chi connectivity index (χ1) is 9.93. The van der Waals surface area contributed by atoms with Crippen LogP contribution in [-0.4, -0.2) is 52.2 Å². The molecule has 2 amide bonds. The fourth-order valence-corrected chi connectivity index (χ4v) is 2.60. The molecule has 1 rings (SSSR count). The molecule has 0 spiro atoms. The zero-order valence-corrected chi connectivity index (χ0v) is 12.4. The lowest BCUT2D eigenvalue weighted by molar-refractivity contribution is -0.140. The number of rotatable bonds is 7. The first-order valence-corrected chi connectivity index (χ1v) is 7.44. The third-order valence-electron chi connectivity index (χ3n) is 3.84. The zero-order chi connectivity index (χ0) is 15.8. The fourth-order valence-electron chi connectivity index (χ4n) is 2.60. The zero-order valence-electron chi connectivity index (χ0n) is 12.4. The Hall–Kier alpha value is -1.79. The monoisotopic (exact) mass is 300 g/mol. The smallest absolute Gasteiger partial charge is 0.326 e. The van der Waals surface area contributed by atoms with Gasteiger partial charge in [0.05, 0.1) is 0 Å². The second kappa shape index (κ2) is 8.49. The lowest BCUT2D eigenvalue weighted by atomic mass is 9.93. The molecule has 0 unspecified atom stereocenters. The number of aliphatic carboxylic acids is 2. The minimum absolute atomic E-state index is 0.108. The number of urea groups is 1. The summed E-state index contributed by atoms with van der Waals surface area (Å²) in [5, 5.41) is 20.0. The normalized spacial score (nSPS) is 17.3. The summed E-state index contributed by atoms with van der Waals surface area (Å²) in [6.45, 7) is 3.39. The van der Waals surface area contributed by atoms with Gasteiger partial charge in [0.1, 0.15) is 6.04 Å². The second-order valence-corrected chi connectivity index (χ2v) is 5.49. The van der Waals surface area contributed by atoms with Crippen LogP contribution in [0, 0.1) is 5.92 Å². The Balaban J connectivity index is 2.43. The molecule has 120 valence electrons. The molecule has 1 atom stereocenters. The van der Waals surface area contributed by atoms with Crippen LogP contribution in [0.2, 0.25) is 0 Å². The molecule has 0 saturated carbocycles. The third kappa shape index (κ3) is 6.01. The Kier molecular flexibility index (Phi) is 6.98. The van der Waals surface area contributed by atoms with Crippen molar-refractivity contribution in [2.45, 2.75) is 51.5 Å². The van der Waals surface area contributed by atoms with Gasteiger partial charge in [0.25, 0.3) is 0 Å². The Morgan fingerprint density at radius 3 is 2.33 bits per heavy atom. The van der Waals surface area contributed by atoms with E-state index in [0.717, 1.165) is 25.7 Å². The number of carboxylic acid groups (broad SMARTS) is 2. The topological polar surface area (TPSA) is 107 Å². The predicted octanol–water partition coefficient (Wildman–Crippen LogP) is 1.53. The summed E-state index contributed by atoms with van der Waals surface area (Å²) in [4.78, 5) is 35.2. The number of carboxylic acids is 2. The first kappa shape index (κ1) is 17.3. The summed E-state index contributed by atoms with van der Waals surface area (Å²) >= 11 is 0. The van der Waals surface area contributed by atoms with E-state index in [0.29, 0.717) is 19.0 Å². The molecule has 3 N–H and O–H groups in total. The number of likely N-dealkylation sites (tertiary alicyclic amines) is 1. The maximum absolute atomic E-state index is 12.0. The van der Waals surface area contributed by atoms with Gasteiger partial charge in [-0.05, 0) is 25.2 Å². The van der Waals surface area contributed by atoms with E-state index in [9.17, 15) is 14.4 Å². The van der Waals surface area contributed by atoms with Gasteiger partial charge < -0.3 is 20.4 Å². The molecule has 1 aliphatic rings. The Bertz CT molecular complexity index is 378. The number of nitrogens with zero attached hydrogens (tertiary/aromatic N) is 1. The van der Waals surface area contributed by atoms with Crippen LogP contribution in [0.4, 0.5) is 4.79 Å². The van der Waals surface area contributed by atoms with E-state index in [-0.39, 0.29) is 12.8 Å². The summed E-state index contributed by atoms with van der Waals surface area (Å²) in [6, 6.07) is -1.57. The van der Waals surface area contributed by atoms with Gasteiger partial charge in [-0.2, -0.15) is 0 Å². The number of nitrogens with one attached hydrogen (secondary N) is 1. The van der Waals surface area contributed by atoms with E-state index in [2.05, 4.69) is 12.2 Å². The molecular formula is C14H24N2O5. The minimum atomic E-state index is -1.20. The van der Waals surface area contributed by atoms with Crippen molar-refractivity contribution in [1.29, 1.82) is 0 Å². The van der Waals surface area contributed by atoms with E-state index in [4.69, 9.17) is 10.2 Å². The van der Waals surface area contributed by atoms with E-state index in [1.807, 2.05) is 0 Å². The molecule has 0 aliphatic carbocycles. The van der Waals surface area contributed by atoms with Crippen LogP contribution < -0.4 is 5.32 Å². The van der Waals surface area contributed by atoms with Crippen LogP contribution in [0.15, 0.2) is 0 Å². The van der Waals surface area contributed by atoms with E-state index < -0.39 is 24.0 Å². The predicted molar refractivity (Wildman–Crippen MR) is 76.0 cm³/mol. The molecule has 1 fully saturated rings. The quantitative estimate of drug-likeness (QED) is 0.661. The summed E-state index contributed by atoms with van der Waals surface area (Å²) < 4.78 is 0. The highest BCUT2D eigenvalue weighted by Crippen LogP contribution is 2.21. The average Bonchev–Trinajstić information content (AvgIpc) is 2.43. The SMILES string of the molecule is CCCC1CCN(C(=O)N[C@@H](CCC(=O)O)C(=O)O)CC1. The maximum Gasteiger partial charge on any atom is 0.326 e. The molecule has 21 heavy (non-hydrogen) atoms. The van der Waals surface area contributed by atoms with Crippen molar-refractivity contribution >= 4 is 18.0 Å². The lowest BCUT2D eigenvalue weighted by Crippen LogP contribution is -2.50. The summed E-state index contributed by atoms with van der Waals surface area (Å²) in [6.07, 6.45) is 3.78. The molecule has 0 aromatic rings. The van der Waals surface area contributed by atoms with Crippen molar-refractivity contribution in [3.8, 4) is 0 Å². The van der Waals surface area contributed by atoms with Crippen LogP contribution >= 0.6 is 0 Å². The van der Waals surface area contributed by atoms with Crippen molar-refractivity contribution in [1.82, 2.24) is 10.2 Å². The van der Waals surface area contributed by atoms with E-state index in [1.54, 1.807) is 4.90 Å². The highest BCUT2D eigenvalue weighted by Gasteiger charge is 2.26.